The molecule has 0 aromatic heterocycles. The zero-order valence-electron chi connectivity index (χ0n) is 16.3. The van der Waals surface area contributed by atoms with Crippen LogP contribution in [-0.4, -0.2) is 43.7 Å². The van der Waals surface area contributed by atoms with Crippen LogP contribution in [0, 0.1) is 5.92 Å². The summed E-state index contributed by atoms with van der Waals surface area (Å²) < 4.78 is 10.9. The average molecular weight is 395 g/mol. The zero-order chi connectivity index (χ0) is 18.1. The first-order valence-electron chi connectivity index (χ1n) is 9.95. The van der Waals surface area contributed by atoms with Crippen LogP contribution >= 0.6 is 12.4 Å². The molecule has 1 amide bonds. The molecule has 6 heteroatoms. The molecule has 3 saturated heterocycles. The Balaban J connectivity index is 0.00000210. The van der Waals surface area contributed by atoms with Crippen LogP contribution in [-0.2, 0) is 4.79 Å². The first-order valence-corrected chi connectivity index (χ1v) is 9.95. The number of carbonyl (C=O) groups excluding carboxylic acids is 1. The van der Waals surface area contributed by atoms with E-state index in [2.05, 4.69) is 16.3 Å². The number of ether oxygens (including phenoxy) is 2. The number of methoxy groups -OCH3 is 2. The third-order valence-corrected chi connectivity index (χ3v) is 6.41. The second kappa shape index (κ2) is 8.70. The number of piperidine rings is 1. The summed E-state index contributed by atoms with van der Waals surface area (Å²) in [6.07, 6.45) is 7.65. The maximum absolute atomic E-state index is 13.1. The monoisotopic (exact) mass is 394 g/mol. The van der Waals surface area contributed by atoms with Crippen molar-refractivity contribution in [1.82, 2.24) is 10.2 Å². The first kappa shape index (κ1) is 20.3. The van der Waals surface area contributed by atoms with E-state index in [4.69, 9.17) is 9.47 Å². The zero-order valence-corrected chi connectivity index (χ0v) is 17.1. The number of halogens is 1. The minimum Gasteiger partial charge on any atom is -0.497 e. The van der Waals surface area contributed by atoms with Crippen molar-refractivity contribution >= 4 is 18.3 Å². The van der Waals surface area contributed by atoms with Crippen LogP contribution in [0.25, 0.3) is 0 Å². The SMILES string of the molecule is COc1ccc(C2CCCN2C(=O)CC2CC3CCC(C2)N3)c(OC)c1.Cl. The molecular weight excluding hydrogens is 364 g/mol. The third-order valence-electron chi connectivity index (χ3n) is 6.41. The Bertz CT molecular complexity index is 657. The molecule has 3 unspecified atom stereocenters. The molecule has 0 spiro atoms. The van der Waals surface area contributed by atoms with Crippen LogP contribution in [0.15, 0.2) is 18.2 Å². The Morgan fingerprint density at radius 1 is 1.15 bits per heavy atom. The van der Waals surface area contributed by atoms with Crippen molar-refractivity contribution in [2.45, 2.75) is 63.1 Å². The second-order valence-corrected chi connectivity index (χ2v) is 8.03. The average Bonchev–Trinajstić information content (AvgIpc) is 3.27. The van der Waals surface area contributed by atoms with Gasteiger partial charge in [-0.2, -0.15) is 0 Å². The van der Waals surface area contributed by atoms with Crippen molar-refractivity contribution in [3.63, 3.8) is 0 Å². The Morgan fingerprint density at radius 2 is 1.89 bits per heavy atom. The molecule has 5 nitrogen and oxygen atoms in total. The van der Waals surface area contributed by atoms with Crippen molar-refractivity contribution < 1.29 is 14.3 Å². The fraction of sp³-hybridized carbons (Fsp3) is 0.667. The van der Waals surface area contributed by atoms with E-state index < -0.39 is 0 Å². The normalized spacial score (nSPS) is 29.3. The van der Waals surface area contributed by atoms with Gasteiger partial charge in [-0.15, -0.1) is 12.4 Å². The van der Waals surface area contributed by atoms with Gasteiger partial charge in [-0.1, -0.05) is 0 Å². The largest absolute Gasteiger partial charge is 0.497 e. The van der Waals surface area contributed by atoms with E-state index >= 15 is 0 Å². The number of likely N-dealkylation sites (tertiary alicyclic amines) is 1. The van der Waals surface area contributed by atoms with E-state index in [1.54, 1.807) is 14.2 Å². The van der Waals surface area contributed by atoms with E-state index in [1.807, 2.05) is 12.1 Å². The molecule has 1 aromatic carbocycles. The first-order chi connectivity index (χ1) is 12.7. The van der Waals surface area contributed by atoms with Crippen molar-refractivity contribution in [2.75, 3.05) is 20.8 Å². The second-order valence-electron chi connectivity index (χ2n) is 8.03. The molecule has 0 aliphatic carbocycles. The van der Waals surface area contributed by atoms with E-state index in [9.17, 15) is 4.79 Å². The maximum Gasteiger partial charge on any atom is 0.223 e. The van der Waals surface area contributed by atoms with Crippen molar-refractivity contribution in [3.8, 4) is 11.5 Å². The molecule has 3 aliphatic heterocycles. The highest BCUT2D eigenvalue weighted by atomic mass is 35.5. The van der Waals surface area contributed by atoms with Gasteiger partial charge in [0.1, 0.15) is 11.5 Å². The third kappa shape index (κ3) is 4.19. The van der Waals surface area contributed by atoms with Gasteiger partial charge in [0.25, 0.3) is 0 Å². The number of hydrogen-bond acceptors (Lipinski definition) is 4. The van der Waals surface area contributed by atoms with Crippen LogP contribution in [0.4, 0.5) is 0 Å². The number of benzene rings is 1. The summed E-state index contributed by atoms with van der Waals surface area (Å²) in [6, 6.07) is 7.34. The molecule has 0 saturated carbocycles. The smallest absolute Gasteiger partial charge is 0.223 e. The van der Waals surface area contributed by atoms with Crippen molar-refractivity contribution in [1.29, 1.82) is 0 Å². The number of fused-ring (bicyclic) bond motifs is 2. The maximum atomic E-state index is 13.1. The molecule has 3 aliphatic rings. The summed E-state index contributed by atoms with van der Waals surface area (Å²) >= 11 is 0. The van der Waals surface area contributed by atoms with Crippen LogP contribution in [0.5, 0.6) is 11.5 Å². The molecule has 1 N–H and O–H groups in total. The quantitative estimate of drug-likeness (QED) is 0.827. The van der Waals surface area contributed by atoms with Gasteiger partial charge in [-0.25, -0.2) is 0 Å². The summed E-state index contributed by atoms with van der Waals surface area (Å²) in [5.41, 5.74) is 1.10. The van der Waals surface area contributed by atoms with E-state index in [-0.39, 0.29) is 18.4 Å². The highest BCUT2D eigenvalue weighted by molar-refractivity contribution is 5.85. The van der Waals surface area contributed by atoms with E-state index in [1.165, 1.54) is 12.8 Å². The van der Waals surface area contributed by atoms with E-state index in [0.717, 1.165) is 49.3 Å². The van der Waals surface area contributed by atoms with Crippen molar-refractivity contribution in [2.24, 2.45) is 5.92 Å². The molecule has 0 radical (unpaired) electrons. The highest BCUT2D eigenvalue weighted by Gasteiger charge is 2.37. The van der Waals surface area contributed by atoms with Gasteiger partial charge in [-0.05, 0) is 56.6 Å². The molecule has 4 rings (SSSR count). The number of nitrogens with zero attached hydrogens (tertiary/aromatic N) is 1. The summed E-state index contributed by atoms with van der Waals surface area (Å²) in [7, 11) is 3.34. The summed E-state index contributed by atoms with van der Waals surface area (Å²) in [5.74, 6) is 2.46. The van der Waals surface area contributed by atoms with E-state index in [0.29, 0.717) is 30.3 Å². The Hall–Kier alpha value is -1.46. The summed E-state index contributed by atoms with van der Waals surface area (Å²) in [4.78, 5) is 15.2. The van der Waals surface area contributed by atoms with Crippen LogP contribution in [0.1, 0.15) is 56.6 Å². The van der Waals surface area contributed by atoms with Crippen LogP contribution in [0.3, 0.4) is 0 Å². The lowest BCUT2D eigenvalue weighted by molar-refractivity contribution is -0.133. The van der Waals surface area contributed by atoms with Gasteiger partial charge in [0.05, 0.1) is 20.3 Å². The standard InChI is InChI=1S/C21H30N2O3.ClH/c1-25-17-7-8-18(20(13-17)26-2)19-4-3-9-23(19)21(24)12-14-10-15-5-6-16(11-14)22-15;/h7-8,13-16,19,22H,3-6,9-12H2,1-2H3;1H. The summed E-state index contributed by atoms with van der Waals surface area (Å²) in [6.45, 7) is 0.858. The summed E-state index contributed by atoms with van der Waals surface area (Å²) in [5, 5.41) is 3.67. The number of nitrogens with one attached hydrogen (secondary N) is 1. The van der Waals surface area contributed by atoms with Gasteiger partial charge < -0.3 is 19.7 Å². The molecule has 150 valence electrons. The molecule has 3 fully saturated rings. The van der Waals surface area contributed by atoms with Crippen LogP contribution in [0.2, 0.25) is 0 Å². The lowest BCUT2D eigenvalue weighted by atomic mass is 9.89. The molecule has 3 atom stereocenters. The predicted molar refractivity (Wildman–Crippen MR) is 108 cm³/mol. The van der Waals surface area contributed by atoms with Gasteiger partial charge in [0.15, 0.2) is 0 Å². The topological polar surface area (TPSA) is 50.8 Å². The number of hydrogen-bond donors (Lipinski definition) is 1. The number of rotatable bonds is 5. The lowest BCUT2D eigenvalue weighted by Crippen LogP contribution is -2.40. The predicted octanol–water partition coefficient (Wildman–Crippen LogP) is 3.71. The molecule has 1 aromatic rings. The van der Waals surface area contributed by atoms with Gasteiger partial charge in [0, 0.05) is 36.7 Å². The Kier molecular flexibility index (Phi) is 6.53. The Morgan fingerprint density at radius 3 is 2.56 bits per heavy atom. The van der Waals surface area contributed by atoms with Gasteiger partial charge in [-0.3, -0.25) is 4.79 Å². The van der Waals surface area contributed by atoms with Crippen LogP contribution < -0.4 is 14.8 Å². The van der Waals surface area contributed by atoms with Crippen molar-refractivity contribution in [3.05, 3.63) is 23.8 Å². The molecular formula is C21H31ClN2O3. The minimum absolute atomic E-state index is 0. The van der Waals surface area contributed by atoms with Gasteiger partial charge in [0.2, 0.25) is 5.91 Å². The molecule has 27 heavy (non-hydrogen) atoms. The fourth-order valence-electron chi connectivity index (χ4n) is 5.19. The molecule has 2 bridgehead atoms. The lowest BCUT2D eigenvalue weighted by Gasteiger charge is -2.32. The fourth-order valence-corrected chi connectivity index (χ4v) is 5.19. The minimum atomic E-state index is 0. The highest BCUT2D eigenvalue weighted by Crippen LogP contribution is 2.40. The van der Waals surface area contributed by atoms with Gasteiger partial charge >= 0.3 is 0 Å². The molecule has 3 heterocycles. The number of amides is 1. The number of carbonyl (C=O) groups is 1. The Labute approximate surface area is 168 Å².